The zero-order valence-electron chi connectivity index (χ0n) is 12.5. The molecule has 112 valence electrons. The minimum atomic E-state index is -1.12. The summed E-state index contributed by atoms with van der Waals surface area (Å²) in [5, 5.41) is 13.3. The van der Waals surface area contributed by atoms with Crippen LogP contribution in [0.1, 0.15) is 49.7 Å². The minimum Gasteiger partial charge on any atom is -0.475 e. The van der Waals surface area contributed by atoms with Crippen molar-refractivity contribution in [3.05, 3.63) is 39.9 Å². The Kier molecular flexibility index (Phi) is 4.18. The molecule has 1 N–H and O–H groups in total. The summed E-state index contributed by atoms with van der Waals surface area (Å²) in [6.07, 6.45) is 0.820. The van der Waals surface area contributed by atoms with Crippen LogP contribution in [-0.2, 0) is 11.8 Å². The maximum Gasteiger partial charge on any atom is 0.375 e. The van der Waals surface area contributed by atoms with E-state index in [2.05, 4.69) is 32.9 Å². The van der Waals surface area contributed by atoms with Gasteiger partial charge in [-0.05, 0) is 30.2 Å². The highest BCUT2D eigenvalue weighted by molar-refractivity contribution is 9.10. The molecule has 0 unspecified atom stereocenters. The lowest BCUT2D eigenvalue weighted by molar-refractivity contribution is 0.0683. The summed E-state index contributed by atoms with van der Waals surface area (Å²) < 4.78 is 2.63. The van der Waals surface area contributed by atoms with Gasteiger partial charge in [0.2, 0.25) is 0 Å². The van der Waals surface area contributed by atoms with Crippen LogP contribution in [0.15, 0.2) is 22.7 Å². The number of carbonyl (C=O) groups is 1. The minimum absolute atomic E-state index is 0.176. The first-order valence-electron chi connectivity index (χ1n) is 6.73. The molecule has 0 aliphatic carbocycles. The fraction of sp³-hybridized carbons (Fsp3) is 0.400. The predicted octanol–water partition coefficient (Wildman–Crippen LogP) is 3.59. The maximum atomic E-state index is 11.2. The third kappa shape index (κ3) is 3.15. The molecular formula is C15H18BrN3O2. The Balaban J connectivity index is 2.71. The van der Waals surface area contributed by atoms with Gasteiger partial charge in [-0.25, -0.2) is 14.5 Å². The molecule has 0 fully saturated rings. The fourth-order valence-corrected chi connectivity index (χ4v) is 2.51. The van der Waals surface area contributed by atoms with Gasteiger partial charge in [-0.3, -0.25) is 0 Å². The van der Waals surface area contributed by atoms with Crippen LogP contribution in [0, 0.1) is 0 Å². The van der Waals surface area contributed by atoms with Crippen molar-refractivity contribution in [2.75, 3.05) is 0 Å². The molecule has 5 nitrogen and oxygen atoms in total. The smallest absolute Gasteiger partial charge is 0.375 e. The summed E-state index contributed by atoms with van der Waals surface area (Å²) in [5.41, 5.74) is 1.64. The molecule has 21 heavy (non-hydrogen) atoms. The van der Waals surface area contributed by atoms with Gasteiger partial charge < -0.3 is 5.11 Å². The van der Waals surface area contributed by atoms with Crippen LogP contribution < -0.4 is 0 Å². The molecule has 0 aliphatic heterocycles. The van der Waals surface area contributed by atoms with Crippen molar-refractivity contribution in [1.82, 2.24) is 14.8 Å². The number of aromatic nitrogens is 3. The van der Waals surface area contributed by atoms with Crippen LogP contribution in [0.3, 0.4) is 0 Å². The molecule has 2 aromatic rings. The second-order valence-electron chi connectivity index (χ2n) is 5.85. The zero-order chi connectivity index (χ0) is 15.8. The number of halogens is 1. The first kappa shape index (κ1) is 15.7. The number of hydrogen-bond acceptors (Lipinski definition) is 3. The second kappa shape index (κ2) is 5.60. The maximum absolute atomic E-state index is 11.2. The van der Waals surface area contributed by atoms with E-state index in [1.807, 2.05) is 39.0 Å². The van der Waals surface area contributed by atoms with Gasteiger partial charge in [0.1, 0.15) is 5.82 Å². The van der Waals surface area contributed by atoms with E-state index in [-0.39, 0.29) is 11.2 Å². The van der Waals surface area contributed by atoms with E-state index in [1.54, 1.807) is 4.68 Å². The Hall–Kier alpha value is -1.69. The second-order valence-corrected chi connectivity index (χ2v) is 6.77. The molecule has 2 rings (SSSR count). The molecular weight excluding hydrogens is 334 g/mol. The van der Waals surface area contributed by atoms with E-state index in [4.69, 9.17) is 5.11 Å². The van der Waals surface area contributed by atoms with E-state index < -0.39 is 5.97 Å². The summed E-state index contributed by atoms with van der Waals surface area (Å²) in [4.78, 5) is 15.4. The lowest BCUT2D eigenvalue weighted by Gasteiger charge is -2.19. The van der Waals surface area contributed by atoms with E-state index in [0.717, 1.165) is 22.1 Å². The Bertz CT molecular complexity index is 687. The molecule has 0 saturated carbocycles. The summed E-state index contributed by atoms with van der Waals surface area (Å²) >= 11 is 3.46. The van der Waals surface area contributed by atoms with Gasteiger partial charge in [0.05, 0.1) is 5.69 Å². The van der Waals surface area contributed by atoms with Gasteiger partial charge in [0.25, 0.3) is 5.82 Å². The van der Waals surface area contributed by atoms with Crippen LogP contribution in [0.5, 0.6) is 0 Å². The van der Waals surface area contributed by atoms with Gasteiger partial charge in [0, 0.05) is 9.89 Å². The van der Waals surface area contributed by atoms with Crippen LogP contribution in [-0.4, -0.2) is 25.8 Å². The third-order valence-corrected chi connectivity index (χ3v) is 3.61. The lowest BCUT2D eigenvalue weighted by Crippen LogP contribution is -2.19. The van der Waals surface area contributed by atoms with Gasteiger partial charge in [-0.15, -0.1) is 5.10 Å². The van der Waals surface area contributed by atoms with Crippen molar-refractivity contribution >= 4 is 21.9 Å². The van der Waals surface area contributed by atoms with Crippen molar-refractivity contribution in [1.29, 1.82) is 0 Å². The number of benzene rings is 1. The molecule has 6 heteroatoms. The molecule has 0 spiro atoms. The third-order valence-electron chi connectivity index (χ3n) is 3.12. The first-order valence-corrected chi connectivity index (χ1v) is 7.53. The first-order chi connectivity index (χ1) is 9.74. The summed E-state index contributed by atoms with van der Waals surface area (Å²) in [5.74, 6) is -0.656. The number of aromatic carboxylic acids is 1. The van der Waals surface area contributed by atoms with Gasteiger partial charge in [-0.2, -0.15) is 0 Å². The predicted molar refractivity (Wildman–Crippen MR) is 84.1 cm³/mol. The Labute approximate surface area is 132 Å². The van der Waals surface area contributed by atoms with E-state index >= 15 is 0 Å². The average molecular weight is 352 g/mol. The van der Waals surface area contributed by atoms with E-state index in [9.17, 15) is 4.79 Å². The molecule has 1 heterocycles. The Morgan fingerprint density at radius 2 is 2.05 bits per heavy atom. The fourth-order valence-electron chi connectivity index (χ4n) is 2.10. The number of aryl methyl sites for hydroxylation is 1. The zero-order valence-corrected chi connectivity index (χ0v) is 14.1. The number of hydrogen-bond donors (Lipinski definition) is 1. The normalized spacial score (nSPS) is 11.7. The van der Waals surface area contributed by atoms with Crippen LogP contribution in [0.2, 0.25) is 0 Å². The molecule has 0 amide bonds. The Morgan fingerprint density at radius 3 is 2.57 bits per heavy atom. The van der Waals surface area contributed by atoms with E-state index in [1.165, 1.54) is 0 Å². The van der Waals surface area contributed by atoms with Gasteiger partial charge in [-0.1, -0.05) is 43.6 Å². The van der Waals surface area contributed by atoms with Crippen molar-refractivity contribution in [2.24, 2.45) is 0 Å². The highest BCUT2D eigenvalue weighted by Gasteiger charge is 2.26. The monoisotopic (exact) mass is 351 g/mol. The Morgan fingerprint density at radius 1 is 1.38 bits per heavy atom. The number of rotatable bonds is 3. The molecule has 0 aliphatic rings. The van der Waals surface area contributed by atoms with Gasteiger partial charge in [0.15, 0.2) is 0 Å². The molecule has 0 atom stereocenters. The highest BCUT2D eigenvalue weighted by atomic mass is 79.9. The molecule has 0 bridgehead atoms. The highest BCUT2D eigenvalue weighted by Crippen LogP contribution is 2.27. The van der Waals surface area contributed by atoms with Crippen molar-refractivity contribution in [3.8, 4) is 5.69 Å². The number of nitrogens with zero attached hydrogens (tertiary/aromatic N) is 3. The number of carboxylic acids is 1. The number of carboxylic acid groups (broad SMARTS) is 1. The quantitative estimate of drug-likeness (QED) is 0.917. The van der Waals surface area contributed by atoms with Crippen LogP contribution in [0.25, 0.3) is 5.69 Å². The largest absolute Gasteiger partial charge is 0.475 e. The SMILES string of the molecule is CCc1cc(Br)ccc1-n1nc(C(=O)O)nc1C(C)(C)C. The summed E-state index contributed by atoms with van der Waals surface area (Å²) in [7, 11) is 0. The topological polar surface area (TPSA) is 68.0 Å². The average Bonchev–Trinajstić information content (AvgIpc) is 2.83. The van der Waals surface area contributed by atoms with Crippen molar-refractivity contribution in [2.45, 2.75) is 39.5 Å². The lowest BCUT2D eigenvalue weighted by atomic mass is 9.95. The van der Waals surface area contributed by atoms with E-state index in [0.29, 0.717) is 5.82 Å². The van der Waals surface area contributed by atoms with Crippen LogP contribution in [0.4, 0.5) is 0 Å². The summed E-state index contributed by atoms with van der Waals surface area (Å²) in [6, 6.07) is 5.87. The molecule has 0 radical (unpaired) electrons. The standard InChI is InChI=1S/C15H18BrN3O2/c1-5-9-8-10(16)6-7-11(9)19-14(15(2,3)4)17-12(18-19)13(20)21/h6-8H,5H2,1-4H3,(H,20,21). The van der Waals surface area contributed by atoms with Crippen molar-refractivity contribution < 1.29 is 9.90 Å². The van der Waals surface area contributed by atoms with Crippen LogP contribution >= 0.6 is 15.9 Å². The molecule has 1 aromatic heterocycles. The van der Waals surface area contributed by atoms with Crippen molar-refractivity contribution in [3.63, 3.8) is 0 Å². The van der Waals surface area contributed by atoms with Gasteiger partial charge >= 0.3 is 5.97 Å². The summed E-state index contributed by atoms with van der Waals surface area (Å²) in [6.45, 7) is 8.02. The molecule has 1 aromatic carbocycles. The molecule has 0 saturated heterocycles.